The van der Waals surface area contributed by atoms with E-state index in [9.17, 15) is 0 Å². The Balaban J connectivity index is 1.65. The lowest BCUT2D eigenvalue weighted by Gasteiger charge is -2.07. The molecule has 98 valence electrons. The lowest BCUT2D eigenvalue weighted by molar-refractivity contribution is 0.626. The topological polar surface area (TPSA) is 43.6 Å². The predicted molar refractivity (Wildman–Crippen MR) is 76.3 cm³/mol. The van der Waals surface area contributed by atoms with Gasteiger partial charge in [0.1, 0.15) is 10.9 Å². The van der Waals surface area contributed by atoms with E-state index < -0.39 is 0 Å². The molecule has 0 atom stereocenters. The van der Waals surface area contributed by atoms with Crippen molar-refractivity contribution in [3.05, 3.63) is 28.6 Å². The molecule has 2 aromatic heterocycles. The zero-order chi connectivity index (χ0) is 12.8. The summed E-state index contributed by atoms with van der Waals surface area (Å²) in [6.07, 6.45) is 6.89. The number of hydrogen-bond donors (Lipinski definition) is 0. The van der Waals surface area contributed by atoms with Gasteiger partial charge in [0.25, 0.3) is 0 Å². The minimum atomic E-state index is 0.628. The van der Waals surface area contributed by atoms with Crippen LogP contribution in [0.3, 0.4) is 0 Å². The molecule has 0 unspecified atom stereocenters. The Morgan fingerprint density at radius 1 is 1.16 bits per heavy atom. The first-order chi connectivity index (χ1) is 9.31. The smallest absolute Gasteiger partial charge is 0.197 e. The molecule has 4 rings (SSSR count). The number of halogens is 1. The summed E-state index contributed by atoms with van der Waals surface area (Å²) in [5.41, 5.74) is 0. The van der Waals surface area contributed by atoms with E-state index in [-0.39, 0.29) is 0 Å². The van der Waals surface area contributed by atoms with Gasteiger partial charge >= 0.3 is 0 Å². The molecule has 2 heterocycles. The van der Waals surface area contributed by atoms with Gasteiger partial charge in [-0.15, -0.1) is 10.2 Å². The molecule has 0 aliphatic heterocycles. The van der Waals surface area contributed by atoms with Crippen LogP contribution in [-0.2, 0) is 0 Å². The molecule has 0 bridgehead atoms. The molecule has 0 amide bonds. The number of aromatic nitrogens is 4. The van der Waals surface area contributed by atoms with E-state index in [1.807, 2.05) is 18.3 Å². The second kappa shape index (κ2) is 4.59. The predicted octanol–water partition coefficient (Wildman–Crippen LogP) is 3.80. The van der Waals surface area contributed by atoms with Crippen LogP contribution in [-0.4, -0.2) is 19.7 Å². The molecule has 2 aliphatic rings. The van der Waals surface area contributed by atoms with E-state index in [4.69, 9.17) is 0 Å². The molecular formula is C13H13BrN4S. The number of hydrogen-bond acceptors (Lipinski definition) is 4. The van der Waals surface area contributed by atoms with Crippen molar-refractivity contribution in [2.24, 2.45) is 0 Å². The van der Waals surface area contributed by atoms with Gasteiger partial charge in [-0.2, -0.15) is 0 Å². The van der Waals surface area contributed by atoms with E-state index in [1.54, 1.807) is 11.8 Å². The summed E-state index contributed by atoms with van der Waals surface area (Å²) < 4.78 is 3.35. The number of pyridine rings is 1. The van der Waals surface area contributed by atoms with Crippen LogP contribution >= 0.6 is 27.7 Å². The summed E-state index contributed by atoms with van der Waals surface area (Å²) in [5, 5.41) is 10.8. The van der Waals surface area contributed by atoms with Gasteiger partial charge in [-0.1, -0.05) is 0 Å². The average molecular weight is 337 g/mol. The SMILES string of the molecule is Brc1ccc(Sc2nnc(C3CC3)n2C2CC2)nc1. The molecule has 2 aromatic rings. The van der Waals surface area contributed by atoms with E-state index >= 15 is 0 Å². The van der Waals surface area contributed by atoms with Crippen LogP contribution in [0.4, 0.5) is 0 Å². The maximum atomic E-state index is 4.41. The van der Waals surface area contributed by atoms with Crippen LogP contribution in [0.2, 0.25) is 0 Å². The molecule has 2 aliphatic carbocycles. The van der Waals surface area contributed by atoms with Crippen LogP contribution in [0.1, 0.15) is 43.5 Å². The van der Waals surface area contributed by atoms with Crippen molar-refractivity contribution >= 4 is 27.7 Å². The molecule has 2 saturated carbocycles. The lowest BCUT2D eigenvalue weighted by Crippen LogP contribution is -2.01. The quantitative estimate of drug-likeness (QED) is 0.851. The minimum Gasteiger partial charge on any atom is -0.302 e. The Hall–Kier alpha value is -0.880. The molecule has 19 heavy (non-hydrogen) atoms. The highest BCUT2D eigenvalue weighted by molar-refractivity contribution is 9.10. The summed E-state index contributed by atoms with van der Waals surface area (Å²) >= 11 is 5.02. The normalized spacial score (nSPS) is 18.8. The molecule has 0 N–H and O–H groups in total. The monoisotopic (exact) mass is 336 g/mol. The molecule has 2 fully saturated rings. The Bertz CT molecular complexity index is 602. The Morgan fingerprint density at radius 2 is 2.00 bits per heavy atom. The van der Waals surface area contributed by atoms with Crippen molar-refractivity contribution in [3.8, 4) is 0 Å². The van der Waals surface area contributed by atoms with Gasteiger partial charge in [-0.25, -0.2) is 4.98 Å². The maximum absolute atomic E-state index is 4.41. The molecule has 4 nitrogen and oxygen atoms in total. The average Bonchev–Trinajstić information content (AvgIpc) is 3.32. The highest BCUT2D eigenvalue weighted by Crippen LogP contribution is 2.46. The van der Waals surface area contributed by atoms with E-state index in [2.05, 4.69) is 35.7 Å². The van der Waals surface area contributed by atoms with E-state index in [0.29, 0.717) is 12.0 Å². The summed E-state index contributed by atoms with van der Waals surface area (Å²) in [6.45, 7) is 0. The van der Waals surface area contributed by atoms with Crippen LogP contribution < -0.4 is 0 Å². The van der Waals surface area contributed by atoms with E-state index in [0.717, 1.165) is 14.7 Å². The fraction of sp³-hybridized carbons (Fsp3) is 0.462. The van der Waals surface area contributed by atoms with Gasteiger partial charge in [0.05, 0.1) is 0 Å². The highest BCUT2D eigenvalue weighted by Gasteiger charge is 2.36. The van der Waals surface area contributed by atoms with Crippen LogP contribution in [0.5, 0.6) is 0 Å². The highest BCUT2D eigenvalue weighted by atomic mass is 79.9. The van der Waals surface area contributed by atoms with Gasteiger partial charge in [-0.3, -0.25) is 0 Å². The Morgan fingerprint density at radius 3 is 2.63 bits per heavy atom. The molecule has 0 saturated heterocycles. The van der Waals surface area contributed by atoms with Gasteiger partial charge in [0, 0.05) is 22.6 Å². The lowest BCUT2D eigenvalue weighted by atomic mass is 10.4. The fourth-order valence-corrected chi connectivity index (χ4v) is 3.26. The number of rotatable bonds is 4. The summed E-state index contributed by atoms with van der Waals surface area (Å²) in [4.78, 5) is 4.40. The second-order valence-corrected chi connectivity index (χ2v) is 7.04. The van der Waals surface area contributed by atoms with E-state index in [1.165, 1.54) is 31.5 Å². The third-order valence-corrected chi connectivity index (χ3v) is 4.82. The van der Waals surface area contributed by atoms with Gasteiger partial charge < -0.3 is 4.57 Å². The van der Waals surface area contributed by atoms with Gasteiger partial charge in [0.15, 0.2) is 5.16 Å². The minimum absolute atomic E-state index is 0.628. The Labute approximate surface area is 124 Å². The van der Waals surface area contributed by atoms with Crippen molar-refractivity contribution in [3.63, 3.8) is 0 Å². The second-order valence-electron chi connectivity index (χ2n) is 5.13. The molecule has 6 heteroatoms. The van der Waals surface area contributed by atoms with Crippen molar-refractivity contribution < 1.29 is 0 Å². The van der Waals surface area contributed by atoms with Crippen LogP contribution in [0.15, 0.2) is 33.0 Å². The summed E-state index contributed by atoms with van der Waals surface area (Å²) in [5.74, 6) is 1.85. The molecule has 0 radical (unpaired) electrons. The maximum Gasteiger partial charge on any atom is 0.197 e. The summed E-state index contributed by atoms with van der Waals surface area (Å²) in [6, 6.07) is 4.65. The summed E-state index contributed by atoms with van der Waals surface area (Å²) in [7, 11) is 0. The van der Waals surface area contributed by atoms with Crippen molar-refractivity contribution in [2.75, 3.05) is 0 Å². The number of nitrogens with zero attached hydrogens (tertiary/aromatic N) is 4. The first-order valence-electron chi connectivity index (χ1n) is 6.55. The van der Waals surface area contributed by atoms with Crippen LogP contribution in [0.25, 0.3) is 0 Å². The van der Waals surface area contributed by atoms with Crippen molar-refractivity contribution in [2.45, 2.75) is 47.8 Å². The molecular weight excluding hydrogens is 324 g/mol. The van der Waals surface area contributed by atoms with Crippen molar-refractivity contribution in [1.29, 1.82) is 0 Å². The zero-order valence-electron chi connectivity index (χ0n) is 10.3. The first-order valence-corrected chi connectivity index (χ1v) is 8.16. The van der Waals surface area contributed by atoms with Crippen molar-refractivity contribution in [1.82, 2.24) is 19.7 Å². The zero-order valence-corrected chi connectivity index (χ0v) is 12.7. The third-order valence-electron chi connectivity index (χ3n) is 3.44. The fourth-order valence-electron chi connectivity index (χ4n) is 2.17. The van der Waals surface area contributed by atoms with Gasteiger partial charge in [0.2, 0.25) is 0 Å². The molecule has 0 spiro atoms. The van der Waals surface area contributed by atoms with Crippen LogP contribution in [0, 0.1) is 0 Å². The standard InChI is InChI=1S/C13H13BrN4S/c14-9-3-6-11(15-7-9)19-13-17-16-12(8-1-2-8)18(13)10-4-5-10/h3,6-8,10H,1-2,4-5H2. The largest absolute Gasteiger partial charge is 0.302 e. The van der Waals surface area contributed by atoms with Gasteiger partial charge in [-0.05, 0) is 65.5 Å². The first kappa shape index (κ1) is 11.9. The molecule has 0 aromatic carbocycles. The Kier molecular flexibility index (Phi) is 2.88. The third kappa shape index (κ3) is 2.43.